The molecule has 4 unspecified atom stereocenters. The molecule has 5 rings (SSSR count). The van der Waals surface area contributed by atoms with Gasteiger partial charge in [0, 0.05) is 42.9 Å². The first-order valence-electron chi connectivity index (χ1n) is 13.0. The highest BCUT2D eigenvalue weighted by Crippen LogP contribution is 2.78. The topological polar surface area (TPSA) is 146 Å². The molecule has 3 saturated carbocycles. The Morgan fingerprint density at radius 2 is 1.54 bits per heavy atom. The van der Waals surface area contributed by atoms with E-state index in [1.807, 2.05) is 20.8 Å². The monoisotopic (exact) mass is 520 g/mol. The summed E-state index contributed by atoms with van der Waals surface area (Å²) in [5.74, 6) is -3.76. The second-order valence-electron chi connectivity index (χ2n) is 12.9. The fourth-order valence-electron chi connectivity index (χ4n) is 9.38. The molecule has 10 nitrogen and oxygen atoms in total. The maximum Gasteiger partial charge on any atom is 0.345 e. The van der Waals surface area contributed by atoms with Crippen LogP contribution in [0.2, 0.25) is 0 Å². The molecule has 0 aromatic rings. The Hall–Kier alpha value is -2.49. The minimum absolute atomic E-state index is 0.0900. The van der Waals surface area contributed by atoms with Crippen molar-refractivity contribution in [2.45, 2.75) is 104 Å². The van der Waals surface area contributed by atoms with Gasteiger partial charge in [0.25, 0.3) is 0 Å². The molecule has 37 heavy (non-hydrogen) atoms. The molecule has 204 valence electrons. The molecule has 0 aromatic heterocycles. The van der Waals surface area contributed by atoms with Crippen molar-refractivity contribution in [1.29, 1.82) is 0 Å². The number of Topliss-reactive ketones (excluding diaryl/α,β-unsaturated/α-hetero) is 1. The SMILES string of the molecule is CC(=O)O[C@H]1C[C@@H](OC(C)=O)C(C)(C)C2CC(=O)[C@]3(C)C(CC[C@@]4(C)[C@H](C(=O)O)OC(=O)C5OC543)[C@]21C. The predicted octanol–water partition coefficient (Wildman–Crippen LogP) is 2.45. The fourth-order valence-corrected chi connectivity index (χ4v) is 9.38. The molecular formula is C27H36O10. The van der Waals surface area contributed by atoms with Crippen LogP contribution in [0.25, 0.3) is 0 Å². The normalized spacial score (nSPS) is 49.3. The summed E-state index contributed by atoms with van der Waals surface area (Å²) in [6, 6.07) is 0. The summed E-state index contributed by atoms with van der Waals surface area (Å²) >= 11 is 0. The van der Waals surface area contributed by atoms with Crippen molar-refractivity contribution in [3.8, 4) is 0 Å². The lowest BCUT2D eigenvalue weighted by molar-refractivity contribution is -0.259. The summed E-state index contributed by atoms with van der Waals surface area (Å²) in [7, 11) is 0. The van der Waals surface area contributed by atoms with Crippen LogP contribution in [0.15, 0.2) is 0 Å². The van der Waals surface area contributed by atoms with Crippen LogP contribution in [0.1, 0.15) is 74.1 Å². The molecule has 2 saturated heterocycles. The van der Waals surface area contributed by atoms with Crippen LogP contribution in [0.3, 0.4) is 0 Å². The minimum Gasteiger partial charge on any atom is -0.478 e. The molecule has 3 aliphatic carbocycles. The van der Waals surface area contributed by atoms with Gasteiger partial charge in [-0.15, -0.1) is 0 Å². The number of rotatable bonds is 3. The van der Waals surface area contributed by atoms with Gasteiger partial charge in [0.05, 0.1) is 5.41 Å². The number of esters is 3. The number of ketones is 1. The zero-order valence-corrected chi connectivity index (χ0v) is 22.4. The Bertz CT molecular complexity index is 1110. The zero-order valence-electron chi connectivity index (χ0n) is 22.4. The largest absolute Gasteiger partial charge is 0.478 e. The molecule has 1 spiro atoms. The third-order valence-electron chi connectivity index (χ3n) is 11.1. The van der Waals surface area contributed by atoms with Crippen molar-refractivity contribution in [3.63, 3.8) is 0 Å². The Labute approximate surface area is 215 Å². The Morgan fingerprint density at radius 1 is 0.946 bits per heavy atom. The fraction of sp³-hybridized carbons (Fsp3) is 0.815. The molecule has 0 radical (unpaired) electrons. The van der Waals surface area contributed by atoms with Gasteiger partial charge in [-0.25, -0.2) is 9.59 Å². The van der Waals surface area contributed by atoms with Crippen LogP contribution in [0.4, 0.5) is 0 Å². The lowest BCUT2D eigenvalue weighted by Crippen LogP contribution is -2.75. The highest BCUT2D eigenvalue weighted by molar-refractivity contribution is 5.95. The van der Waals surface area contributed by atoms with E-state index in [0.717, 1.165) is 0 Å². The lowest BCUT2D eigenvalue weighted by atomic mass is 9.34. The van der Waals surface area contributed by atoms with E-state index in [1.165, 1.54) is 13.8 Å². The van der Waals surface area contributed by atoms with Crippen LogP contribution >= 0.6 is 0 Å². The van der Waals surface area contributed by atoms with Gasteiger partial charge < -0.3 is 24.1 Å². The highest BCUT2D eigenvalue weighted by Gasteiger charge is 2.89. The Kier molecular flexibility index (Phi) is 5.33. The van der Waals surface area contributed by atoms with E-state index < -0.39 is 75.6 Å². The first kappa shape index (κ1) is 26.1. The quantitative estimate of drug-likeness (QED) is 0.334. The molecule has 10 heteroatoms. The number of hydrogen-bond acceptors (Lipinski definition) is 9. The van der Waals surface area contributed by atoms with Crippen LogP contribution in [0.5, 0.6) is 0 Å². The van der Waals surface area contributed by atoms with Gasteiger partial charge in [-0.2, -0.15) is 0 Å². The van der Waals surface area contributed by atoms with Gasteiger partial charge in [-0.1, -0.05) is 27.7 Å². The number of carbonyl (C=O) groups is 5. The number of fused-ring (bicyclic) bond motifs is 3. The number of carboxylic acid groups (broad SMARTS) is 1. The summed E-state index contributed by atoms with van der Waals surface area (Å²) in [4.78, 5) is 63.6. The number of carboxylic acids is 1. The second-order valence-corrected chi connectivity index (χ2v) is 12.9. The lowest BCUT2D eigenvalue weighted by Gasteiger charge is -2.69. The van der Waals surface area contributed by atoms with Gasteiger partial charge in [0.1, 0.15) is 23.6 Å². The average molecular weight is 521 g/mol. The number of carbonyl (C=O) groups excluding carboxylic acids is 4. The molecule has 2 heterocycles. The number of hydrogen-bond donors (Lipinski definition) is 1. The molecule has 0 aromatic carbocycles. The zero-order chi connectivity index (χ0) is 27.5. The number of epoxide rings is 1. The van der Waals surface area contributed by atoms with E-state index in [4.69, 9.17) is 18.9 Å². The number of aliphatic carboxylic acids is 1. The van der Waals surface area contributed by atoms with E-state index in [0.29, 0.717) is 12.8 Å². The van der Waals surface area contributed by atoms with E-state index in [1.54, 1.807) is 13.8 Å². The van der Waals surface area contributed by atoms with Crippen LogP contribution < -0.4 is 0 Å². The summed E-state index contributed by atoms with van der Waals surface area (Å²) in [6.07, 6.45) is -2.52. The van der Waals surface area contributed by atoms with Crippen molar-refractivity contribution in [1.82, 2.24) is 0 Å². The van der Waals surface area contributed by atoms with Gasteiger partial charge in [0.2, 0.25) is 6.10 Å². The Balaban J connectivity index is 1.67. The van der Waals surface area contributed by atoms with Gasteiger partial charge in [-0.05, 0) is 31.6 Å². The number of cyclic esters (lactones) is 1. The van der Waals surface area contributed by atoms with Crippen molar-refractivity contribution in [2.75, 3.05) is 0 Å². The van der Waals surface area contributed by atoms with E-state index >= 15 is 0 Å². The van der Waals surface area contributed by atoms with Gasteiger partial charge in [-0.3, -0.25) is 14.4 Å². The van der Waals surface area contributed by atoms with Crippen LogP contribution in [-0.2, 0) is 42.9 Å². The predicted molar refractivity (Wildman–Crippen MR) is 125 cm³/mol. The molecular weight excluding hydrogens is 484 g/mol. The van der Waals surface area contributed by atoms with Crippen LogP contribution in [-0.4, -0.2) is 64.8 Å². The summed E-state index contributed by atoms with van der Waals surface area (Å²) < 4.78 is 23.1. The van der Waals surface area contributed by atoms with E-state index in [-0.39, 0.29) is 30.5 Å². The molecule has 1 N–H and O–H groups in total. The highest BCUT2D eigenvalue weighted by atomic mass is 16.7. The third kappa shape index (κ3) is 2.93. The molecule has 0 bridgehead atoms. The average Bonchev–Trinajstić information content (AvgIpc) is 3.54. The number of ether oxygens (including phenoxy) is 4. The first-order valence-corrected chi connectivity index (χ1v) is 13.0. The maximum atomic E-state index is 14.3. The van der Waals surface area contributed by atoms with Crippen molar-refractivity contribution in [2.24, 2.45) is 33.5 Å². The van der Waals surface area contributed by atoms with Crippen molar-refractivity contribution in [3.05, 3.63) is 0 Å². The standard InChI is InChI=1S/C27H36O10/c1-12(28)34-17-11-18(35-13(2)29)25(6)14-8-9-24(5)19(21(31)32)36-22(33)20-27(24,37-20)26(14,7)16(30)10-15(25)23(17,3)4/h14-15,17-20H,8-11H2,1-7H3,(H,31,32)/t14?,15?,17-,18+,19+,20?,24+,25-,26+,27?/m1/s1. The van der Waals surface area contributed by atoms with Crippen LogP contribution in [0, 0.1) is 33.5 Å². The van der Waals surface area contributed by atoms with Crippen molar-refractivity contribution < 1.29 is 48.0 Å². The second kappa shape index (κ2) is 7.55. The smallest absolute Gasteiger partial charge is 0.345 e. The molecule has 5 fully saturated rings. The molecule has 0 amide bonds. The van der Waals surface area contributed by atoms with Gasteiger partial charge >= 0.3 is 23.9 Å². The molecule has 5 aliphatic rings. The summed E-state index contributed by atoms with van der Waals surface area (Å²) in [5, 5.41) is 9.97. The molecule has 2 aliphatic heterocycles. The third-order valence-corrected chi connectivity index (χ3v) is 11.1. The van der Waals surface area contributed by atoms with Crippen molar-refractivity contribution >= 4 is 29.7 Å². The minimum atomic E-state index is -1.43. The summed E-state index contributed by atoms with van der Waals surface area (Å²) in [5.41, 5.74) is -5.01. The van der Waals surface area contributed by atoms with E-state index in [2.05, 4.69) is 0 Å². The molecule has 10 atom stereocenters. The Morgan fingerprint density at radius 3 is 2.11 bits per heavy atom. The maximum absolute atomic E-state index is 14.3. The van der Waals surface area contributed by atoms with E-state index in [9.17, 15) is 29.1 Å². The summed E-state index contributed by atoms with van der Waals surface area (Å²) in [6.45, 7) is 12.2. The first-order chi connectivity index (χ1) is 17.0. The van der Waals surface area contributed by atoms with Gasteiger partial charge in [0.15, 0.2) is 6.10 Å².